The summed E-state index contributed by atoms with van der Waals surface area (Å²) in [6.07, 6.45) is -0.950. The minimum atomic E-state index is -0.760. The maximum atomic E-state index is 13.7. The lowest BCUT2D eigenvalue weighted by Gasteiger charge is -2.13. The molecule has 0 unspecified atom stereocenters. The van der Waals surface area contributed by atoms with Gasteiger partial charge in [0.05, 0.1) is 11.8 Å². The molecule has 0 radical (unpaired) electrons. The van der Waals surface area contributed by atoms with Crippen LogP contribution in [-0.2, 0) is 16.0 Å². The second-order valence-corrected chi connectivity index (χ2v) is 7.96. The number of halogens is 1. The molecule has 1 N–H and O–H groups in total. The van der Waals surface area contributed by atoms with Crippen LogP contribution in [0.4, 0.5) is 4.39 Å². The van der Waals surface area contributed by atoms with E-state index in [1.54, 1.807) is 30.4 Å². The second kappa shape index (κ2) is 7.65. The van der Waals surface area contributed by atoms with Crippen molar-refractivity contribution in [3.8, 4) is 10.4 Å². The Hall–Kier alpha value is -2.84. The molecule has 4 aromatic rings. The molecule has 0 spiro atoms. The molecule has 5 nitrogen and oxygen atoms in total. The Morgan fingerprint density at radius 3 is 2.82 bits per heavy atom. The zero-order valence-corrected chi connectivity index (χ0v) is 16.4. The zero-order chi connectivity index (χ0) is 19.7. The van der Waals surface area contributed by atoms with E-state index in [2.05, 4.69) is 9.97 Å². The Labute approximate surface area is 167 Å². The first-order valence-electron chi connectivity index (χ1n) is 8.51. The lowest BCUT2D eigenvalue weighted by molar-refractivity contribution is -0.148. The fraction of sp³-hybridized carbons (Fsp3) is 0.150. The standard InChI is InChI=1S/C20H15FN2O3S2/c1-11(26-16(24)9-12-5-2-3-6-14(12)21)18-22-19(25)17-13(10-28-20(17)23-18)15-7-4-8-27-15/h2-8,10-11H,9H2,1H3,(H,22,23,25)/t11-/m1/s1. The number of hydrogen-bond donors (Lipinski definition) is 1. The number of nitrogens with one attached hydrogen (secondary N) is 1. The number of carbonyl (C=O) groups is 1. The normalized spacial score (nSPS) is 12.2. The molecular weight excluding hydrogens is 399 g/mol. The van der Waals surface area contributed by atoms with Crippen molar-refractivity contribution in [2.45, 2.75) is 19.4 Å². The summed E-state index contributed by atoms with van der Waals surface area (Å²) in [7, 11) is 0. The number of thiophene rings is 2. The molecule has 0 saturated carbocycles. The highest BCUT2D eigenvalue weighted by Gasteiger charge is 2.19. The molecule has 0 fully saturated rings. The molecule has 0 aliphatic heterocycles. The van der Waals surface area contributed by atoms with Gasteiger partial charge in [-0.2, -0.15) is 0 Å². The Bertz CT molecular complexity index is 1200. The van der Waals surface area contributed by atoms with E-state index < -0.39 is 17.9 Å². The number of aromatic nitrogens is 2. The van der Waals surface area contributed by atoms with Gasteiger partial charge in [0.2, 0.25) is 0 Å². The maximum absolute atomic E-state index is 13.7. The molecule has 0 aliphatic carbocycles. The number of carbonyl (C=O) groups excluding carboxylic acids is 1. The highest BCUT2D eigenvalue weighted by molar-refractivity contribution is 7.18. The number of nitrogens with zero attached hydrogens (tertiary/aromatic N) is 1. The van der Waals surface area contributed by atoms with Crippen molar-refractivity contribution >= 4 is 38.9 Å². The Kier molecular flexibility index (Phi) is 5.06. The van der Waals surface area contributed by atoms with Crippen molar-refractivity contribution in [1.82, 2.24) is 9.97 Å². The molecule has 3 heterocycles. The summed E-state index contributed by atoms with van der Waals surface area (Å²) >= 11 is 2.92. The Balaban J connectivity index is 1.56. The average molecular weight is 414 g/mol. The van der Waals surface area contributed by atoms with Gasteiger partial charge in [0.1, 0.15) is 10.6 Å². The maximum Gasteiger partial charge on any atom is 0.311 e. The third kappa shape index (κ3) is 3.61. The summed E-state index contributed by atoms with van der Waals surface area (Å²) in [4.78, 5) is 33.5. The van der Waals surface area contributed by atoms with E-state index in [0.29, 0.717) is 10.2 Å². The molecule has 1 atom stereocenters. The van der Waals surface area contributed by atoms with Crippen LogP contribution in [0.5, 0.6) is 0 Å². The molecule has 28 heavy (non-hydrogen) atoms. The molecule has 1 aromatic carbocycles. The second-order valence-electron chi connectivity index (χ2n) is 6.16. The van der Waals surface area contributed by atoms with Crippen molar-refractivity contribution in [3.05, 3.63) is 74.7 Å². The van der Waals surface area contributed by atoms with Gasteiger partial charge in [-0.1, -0.05) is 24.3 Å². The van der Waals surface area contributed by atoms with Gasteiger partial charge in [0.15, 0.2) is 11.9 Å². The van der Waals surface area contributed by atoms with Crippen LogP contribution in [0.1, 0.15) is 24.4 Å². The van der Waals surface area contributed by atoms with E-state index in [4.69, 9.17) is 4.74 Å². The van der Waals surface area contributed by atoms with Crippen LogP contribution in [0.15, 0.2) is 52.0 Å². The zero-order valence-electron chi connectivity index (χ0n) is 14.8. The van der Waals surface area contributed by atoms with Crippen molar-refractivity contribution in [1.29, 1.82) is 0 Å². The number of esters is 1. The monoisotopic (exact) mass is 414 g/mol. The third-order valence-corrected chi connectivity index (χ3v) is 6.01. The third-order valence-electron chi connectivity index (χ3n) is 4.23. The number of aromatic amines is 1. The topological polar surface area (TPSA) is 72.0 Å². The minimum absolute atomic E-state index is 0.189. The summed E-state index contributed by atoms with van der Waals surface area (Å²) in [6.45, 7) is 1.62. The summed E-state index contributed by atoms with van der Waals surface area (Å²) in [5.74, 6) is -0.787. The van der Waals surface area contributed by atoms with Crippen molar-refractivity contribution in [3.63, 3.8) is 0 Å². The van der Waals surface area contributed by atoms with Gasteiger partial charge in [-0.25, -0.2) is 9.37 Å². The number of H-pyrrole nitrogens is 1. The van der Waals surface area contributed by atoms with Gasteiger partial charge in [-0.05, 0) is 30.0 Å². The van der Waals surface area contributed by atoms with Gasteiger partial charge in [0.25, 0.3) is 5.56 Å². The quantitative estimate of drug-likeness (QED) is 0.481. The van der Waals surface area contributed by atoms with E-state index in [0.717, 1.165) is 10.4 Å². The fourth-order valence-corrected chi connectivity index (χ4v) is 4.63. The van der Waals surface area contributed by atoms with Crippen LogP contribution in [0.25, 0.3) is 20.7 Å². The lowest BCUT2D eigenvalue weighted by atomic mass is 10.1. The van der Waals surface area contributed by atoms with E-state index in [1.165, 1.54) is 23.5 Å². The highest BCUT2D eigenvalue weighted by atomic mass is 32.1. The van der Waals surface area contributed by atoms with E-state index in [1.807, 2.05) is 22.9 Å². The van der Waals surface area contributed by atoms with Crippen LogP contribution in [-0.4, -0.2) is 15.9 Å². The molecule has 0 saturated heterocycles. The van der Waals surface area contributed by atoms with Crippen LogP contribution in [0, 0.1) is 5.82 Å². The average Bonchev–Trinajstić information content (AvgIpc) is 3.32. The van der Waals surface area contributed by atoms with E-state index in [9.17, 15) is 14.0 Å². The van der Waals surface area contributed by atoms with E-state index in [-0.39, 0.29) is 23.4 Å². The van der Waals surface area contributed by atoms with Gasteiger partial charge < -0.3 is 9.72 Å². The van der Waals surface area contributed by atoms with Crippen molar-refractivity contribution < 1.29 is 13.9 Å². The van der Waals surface area contributed by atoms with Crippen molar-refractivity contribution in [2.24, 2.45) is 0 Å². The molecule has 8 heteroatoms. The summed E-state index contributed by atoms with van der Waals surface area (Å²) in [5, 5.41) is 4.38. The fourth-order valence-electron chi connectivity index (χ4n) is 2.86. The molecule has 0 amide bonds. The smallest absolute Gasteiger partial charge is 0.311 e. The lowest BCUT2D eigenvalue weighted by Crippen LogP contribution is -2.18. The molecule has 142 valence electrons. The first-order chi connectivity index (χ1) is 13.5. The predicted octanol–water partition coefficient (Wildman–Crippen LogP) is 4.70. The van der Waals surface area contributed by atoms with Gasteiger partial charge in [-0.3, -0.25) is 9.59 Å². The molecule has 4 rings (SSSR count). The SMILES string of the molecule is C[C@@H](OC(=O)Cc1ccccc1F)c1nc2scc(-c3cccs3)c2c(=O)[nH]1. The number of benzene rings is 1. The number of rotatable bonds is 5. The summed E-state index contributed by atoms with van der Waals surface area (Å²) in [5.41, 5.74) is 0.830. The van der Waals surface area contributed by atoms with E-state index >= 15 is 0 Å². The van der Waals surface area contributed by atoms with Crippen molar-refractivity contribution in [2.75, 3.05) is 0 Å². The number of fused-ring (bicyclic) bond motifs is 1. The first kappa shape index (κ1) is 18.5. The molecule has 0 bridgehead atoms. The molecule has 0 aliphatic rings. The van der Waals surface area contributed by atoms with Gasteiger partial charge >= 0.3 is 5.97 Å². The summed E-state index contributed by atoms with van der Waals surface area (Å²) in [6, 6.07) is 9.92. The molecule has 3 aromatic heterocycles. The van der Waals surface area contributed by atoms with Crippen LogP contribution in [0.3, 0.4) is 0 Å². The largest absolute Gasteiger partial charge is 0.454 e. The predicted molar refractivity (Wildman–Crippen MR) is 108 cm³/mol. The Morgan fingerprint density at radius 2 is 2.07 bits per heavy atom. The van der Waals surface area contributed by atoms with Gasteiger partial charge in [0, 0.05) is 15.8 Å². The number of ether oxygens (including phenoxy) is 1. The molecular formula is C20H15FN2O3S2. The highest BCUT2D eigenvalue weighted by Crippen LogP contribution is 2.33. The first-order valence-corrected chi connectivity index (χ1v) is 10.3. The summed E-state index contributed by atoms with van der Waals surface area (Å²) < 4.78 is 19.0. The van der Waals surface area contributed by atoms with Gasteiger partial charge in [-0.15, -0.1) is 22.7 Å². The Morgan fingerprint density at radius 1 is 1.25 bits per heavy atom. The van der Waals surface area contributed by atoms with Crippen LogP contribution >= 0.6 is 22.7 Å². The number of hydrogen-bond acceptors (Lipinski definition) is 6. The van der Waals surface area contributed by atoms with Crippen LogP contribution < -0.4 is 5.56 Å². The minimum Gasteiger partial charge on any atom is -0.454 e. The van der Waals surface area contributed by atoms with Crippen LogP contribution in [0.2, 0.25) is 0 Å².